The van der Waals surface area contributed by atoms with Crippen molar-refractivity contribution in [2.24, 2.45) is 17.1 Å². The minimum Gasteiger partial charge on any atom is -0.496 e. The van der Waals surface area contributed by atoms with Crippen molar-refractivity contribution in [3.05, 3.63) is 82.2 Å². The van der Waals surface area contributed by atoms with Gasteiger partial charge in [-0.2, -0.15) is 0 Å². The Bertz CT molecular complexity index is 2410. The lowest BCUT2D eigenvalue weighted by atomic mass is 9.47. The molecule has 14 nitrogen and oxygen atoms in total. The van der Waals surface area contributed by atoms with E-state index in [1.165, 1.54) is 26.7 Å². The third kappa shape index (κ3) is 5.06. The van der Waals surface area contributed by atoms with Gasteiger partial charge in [-0.1, -0.05) is 31.6 Å². The number of nitrogens with zero attached hydrogens (tertiary/aromatic N) is 3. The van der Waals surface area contributed by atoms with E-state index in [9.17, 15) is 19.5 Å². The lowest BCUT2D eigenvalue weighted by Gasteiger charge is -2.64. The molecule has 14 heteroatoms. The van der Waals surface area contributed by atoms with Crippen LogP contribution in [0.5, 0.6) is 5.75 Å². The van der Waals surface area contributed by atoms with Crippen molar-refractivity contribution >= 4 is 40.4 Å². The first-order valence-corrected chi connectivity index (χ1v) is 21.0. The number of hydrogen-bond acceptors (Lipinski definition) is 12. The molecule has 1 aromatic heterocycles. The van der Waals surface area contributed by atoms with Gasteiger partial charge in [0.15, 0.2) is 6.10 Å². The lowest BCUT2D eigenvalue weighted by Crippen LogP contribution is -2.81. The van der Waals surface area contributed by atoms with Crippen molar-refractivity contribution in [2.45, 2.75) is 94.0 Å². The van der Waals surface area contributed by atoms with Gasteiger partial charge < -0.3 is 44.6 Å². The molecule has 1 aliphatic carbocycles. The van der Waals surface area contributed by atoms with Gasteiger partial charge in [-0.15, -0.1) is 0 Å². The Morgan fingerprint density at radius 1 is 1.00 bits per heavy atom. The van der Waals surface area contributed by atoms with Crippen molar-refractivity contribution < 1.29 is 43.2 Å². The first-order chi connectivity index (χ1) is 28.7. The normalized spacial score (nSPS) is 33.4. The summed E-state index contributed by atoms with van der Waals surface area (Å²) in [6.45, 7) is 8.04. The summed E-state index contributed by atoms with van der Waals surface area (Å²) < 4.78 is 23.9. The highest BCUT2D eigenvalue weighted by Gasteiger charge is 2.80. The molecule has 6 heterocycles. The number of aromatic amines is 1. The third-order valence-electron chi connectivity index (χ3n) is 15.2. The molecule has 1 unspecified atom stereocenters. The van der Waals surface area contributed by atoms with E-state index in [2.05, 4.69) is 40.0 Å². The quantitative estimate of drug-likeness (QED) is 0.168. The highest BCUT2D eigenvalue weighted by molar-refractivity contribution is 6.00. The maximum absolute atomic E-state index is 15.3. The molecule has 6 aliphatic rings. The number of allylic oxidation sites excluding steroid dienone is 1. The summed E-state index contributed by atoms with van der Waals surface area (Å²) in [6, 6.07) is 8.05. The van der Waals surface area contributed by atoms with E-state index in [0.717, 1.165) is 40.7 Å². The van der Waals surface area contributed by atoms with Crippen LogP contribution in [0.2, 0.25) is 0 Å². The van der Waals surface area contributed by atoms with Crippen molar-refractivity contribution in [1.82, 2.24) is 14.8 Å². The summed E-state index contributed by atoms with van der Waals surface area (Å²) in [5, 5.41) is 14.1. The van der Waals surface area contributed by atoms with Gasteiger partial charge in [-0.05, 0) is 79.6 Å². The predicted octanol–water partition coefficient (Wildman–Crippen LogP) is 4.20. The van der Waals surface area contributed by atoms with Crippen LogP contribution in [0.1, 0.15) is 85.6 Å². The van der Waals surface area contributed by atoms with Gasteiger partial charge in [0.25, 0.3) is 0 Å². The number of esters is 3. The zero-order chi connectivity index (χ0) is 42.7. The van der Waals surface area contributed by atoms with Gasteiger partial charge in [-0.25, -0.2) is 4.79 Å². The van der Waals surface area contributed by atoms with Crippen molar-refractivity contribution in [3.63, 3.8) is 0 Å². The average molecular weight is 822 g/mol. The highest BCUT2D eigenvalue weighted by atomic mass is 16.6. The Balaban J connectivity index is 1.37. The van der Waals surface area contributed by atoms with Gasteiger partial charge >= 0.3 is 17.9 Å². The van der Waals surface area contributed by atoms with Crippen molar-refractivity contribution in [3.8, 4) is 5.75 Å². The van der Waals surface area contributed by atoms with Gasteiger partial charge in [0, 0.05) is 96.5 Å². The number of nitrogens with one attached hydrogen (secondary N) is 1. The van der Waals surface area contributed by atoms with Crippen molar-refractivity contribution in [1.29, 1.82) is 0 Å². The van der Waals surface area contributed by atoms with Gasteiger partial charge in [0.05, 0.1) is 27.4 Å². The largest absolute Gasteiger partial charge is 0.496 e. The molecule has 1 saturated carbocycles. The SMILES string of the molecule is CCC1=C[C@H]2CN(C1)Cc1c([nH]c3ccc(C(N)=O)cc13)[C@@](C(=O)OC)(c1cc3c(cc1OC)N(C)[C@H]1[C@@](O)(C(=O)OC)[C@H](OC(C)=O)[C@]4(CC)CC=CN5CC[C@]31[C@@H]54)C2. The van der Waals surface area contributed by atoms with Crippen molar-refractivity contribution in [2.75, 3.05) is 52.9 Å². The Morgan fingerprint density at radius 3 is 2.43 bits per heavy atom. The summed E-state index contributed by atoms with van der Waals surface area (Å²) in [7, 11) is 6.08. The van der Waals surface area contributed by atoms with E-state index >= 15 is 4.79 Å². The number of benzene rings is 2. The highest BCUT2D eigenvalue weighted by Crippen LogP contribution is 2.69. The molecule has 2 fully saturated rings. The number of methoxy groups -OCH3 is 3. The molecule has 9 atom stereocenters. The van der Waals surface area contributed by atoms with Crippen LogP contribution in [0.15, 0.2) is 54.3 Å². The molecule has 1 saturated heterocycles. The summed E-state index contributed by atoms with van der Waals surface area (Å²) in [4.78, 5) is 65.5. The number of nitrogens with two attached hydrogens (primary N) is 1. The molecule has 2 aromatic carbocycles. The van der Waals surface area contributed by atoms with Crippen LogP contribution in [0.4, 0.5) is 5.69 Å². The van der Waals surface area contributed by atoms with E-state index in [0.29, 0.717) is 67.9 Å². The van der Waals surface area contributed by atoms with Crippen LogP contribution in [-0.4, -0.2) is 116 Å². The molecule has 4 N–H and O–H groups in total. The summed E-state index contributed by atoms with van der Waals surface area (Å²) >= 11 is 0. The molecule has 1 spiro atoms. The number of rotatable bonds is 8. The molecule has 2 bridgehead atoms. The summed E-state index contributed by atoms with van der Waals surface area (Å²) in [5.41, 5.74) is 6.27. The number of primary amides is 1. The number of aromatic nitrogens is 1. The molecule has 9 rings (SSSR count). The van der Waals surface area contributed by atoms with Gasteiger partial charge in [0.1, 0.15) is 11.2 Å². The minimum absolute atomic E-state index is 0.0538. The maximum atomic E-state index is 15.3. The Morgan fingerprint density at radius 2 is 1.77 bits per heavy atom. The predicted molar refractivity (Wildman–Crippen MR) is 222 cm³/mol. The number of likely N-dealkylation sites (N-methyl/N-ethyl adjacent to an activating group) is 1. The zero-order valence-electron chi connectivity index (χ0n) is 35.4. The number of carbonyl (C=O) groups is 4. The summed E-state index contributed by atoms with van der Waals surface area (Å²) in [6.07, 6.45) is 7.85. The fourth-order valence-electron chi connectivity index (χ4n) is 13.1. The number of aliphatic hydroxyl groups is 1. The number of amides is 1. The van der Waals surface area contributed by atoms with Crippen LogP contribution < -0.4 is 15.4 Å². The lowest BCUT2D eigenvalue weighted by molar-refractivity contribution is -0.235. The van der Waals surface area contributed by atoms with Gasteiger partial charge in [0.2, 0.25) is 11.5 Å². The van der Waals surface area contributed by atoms with E-state index in [1.807, 2.05) is 37.1 Å². The number of H-pyrrole nitrogens is 1. The third-order valence-corrected chi connectivity index (χ3v) is 15.2. The standard InChI is InChI=1S/C46H55N5O9/c1-8-26-17-27-21-45(41(54)58-6,36-30(24-50(22-26)23-27)29-18-28(37(47)53)11-12-33(29)48-36)32-19-31-34(20-35(32)57-5)49(4)39-44(31)14-16-51-15-10-13-43(9-2,38(44)51)40(60-25(3)52)46(39,56)42(55)59-7/h10-12,15,17-20,27,38-40,48,56H,8-9,13-14,16,21-24H2,1-7H3,(H2,47,53)/t27-,38+,39-,40-,43-,44-,45+,46+/m1/s1. The van der Waals surface area contributed by atoms with E-state index < -0.39 is 57.8 Å². The monoisotopic (exact) mass is 821 g/mol. The van der Waals surface area contributed by atoms with Gasteiger partial charge in [-0.3, -0.25) is 19.3 Å². The molecule has 1 amide bonds. The molecule has 60 heavy (non-hydrogen) atoms. The molecule has 318 valence electrons. The molecule has 5 aliphatic heterocycles. The molecule has 3 aromatic rings. The molecule has 0 radical (unpaired) electrons. The molecular weight excluding hydrogens is 767 g/mol. The van der Waals surface area contributed by atoms with Crippen LogP contribution in [-0.2, 0) is 46.0 Å². The smallest absolute Gasteiger partial charge is 0.344 e. The van der Waals surface area contributed by atoms with Crippen LogP contribution in [0.25, 0.3) is 10.9 Å². The minimum atomic E-state index is -2.30. The van der Waals surface area contributed by atoms with E-state index in [-0.39, 0.29) is 12.0 Å². The topological polar surface area (TPSA) is 177 Å². The average Bonchev–Trinajstić information content (AvgIpc) is 3.89. The fraction of sp³-hybridized carbons (Fsp3) is 0.522. The number of ether oxygens (including phenoxy) is 4. The second-order valence-electron chi connectivity index (χ2n) is 17.8. The second-order valence-corrected chi connectivity index (χ2v) is 17.8. The number of hydrogen-bond donors (Lipinski definition) is 3. The van der Waals surface area contributed by atoms with E-state index in [4.69, 9.17) is 24.7 Å². The number of fused-ring (bicyclic) bond motifs is 6. The second kappa shape index (κ2) is 13.8. The van der Waals surface area contributed by atoms with Crippen LogP contribution in [0, 0.1) is 11.3 Å². The maximum Gasteiger partial charge on any atom is 0.344 e. The first kappa shape index (κ1) is 40.1. The van der Waals surface area contributed by atoms with E-state index in [1.54, 1.807) is 19.2 Å². The fourth-order valence-corrected chi connectivity index (χ4v) is 13.1. The Kier molecular flexibility index (Phi) is 9.25. The number of carbonyl (C=O) groups excluding carboxylic acids is 4. The Labute approximate surface area is 349 Å². The summed E-state index contributed by atoms with van der Waals surface area (Å²) in [5.74, 6) is -2.14. The van der Waals surface area contributed by atoms with Crippen LogP contribution >= 0.6 is 0 Å². The number of anilines is 1. The van der Waals surface area contributed by atoms with Crippen LogP contribution in [0.3, 0.4) is 0 Å². The zero-order valence-corrected chi connectivity index (χ0v) is 35.4. The Hall–Kier alpha value is -5.34. The first-order valence-electron chi connectivity index (χ1n) is 21.0. The molecular formula is C46H55N5O9.